The Morgan fingerprint density at radius 2 is 2.00 bits per heavy atom. The topological polar surface area (TPSA) is 26.0 Å². The van der Waals surface area contributed by atoms with E-state index in [1.807, 2.05) is 24.3 Å². The normalized spacial score (nSPS) is 12.7. The molecule has 1 aromatic heterocycles. The molecule has 1 unspecified atom stereocenters. The quantitative estimate of drug-likeness (QED) is 0.878. The van der Waals surface area contributed by atoms with Gasteiger partial charge in [0.25, 0.3) is 0 Å². The van der Waals surface area contributed by atoms with Crippen LogP contribution < -0.4 is 5.73 Å². The predicted molar refractivity (Wildman–Crippen MR) is 71.1 cm³/mol. The van der Waals surface area contributed by atoms with Gasteiger partial charge in [-0.3, -0.25) is 0 Å². The molecule has 84 valence electrons. The number of hydrogen-bond donors (Lipinski definition) is 1. The zero-order chi connectivity index (χ0) is 11.5. The van der Waals surface area contributed by atoms with Crippen LogP contribution in [0.1, 0.15) is 22.0 Å². The Balaban J connectivity index is 2.14. The maximum absolute atomic E-state index is 6.20. The van der Waals surface area contributed by atoms with Crippen molar-refractivity contribution in [2.45, 2.75) is 19.4 Å². The molecule has 1 aromatic carbocycles. The van der Waals surface area contributed by atoms with Crippen molar-refractivity contribution in [2.75, 3.05) is 0 Å². The summed E-state index contributed by atoms with van der Waals surface area (Å²) in [7, 11) is 0. The Morgan fingerprint density at radius 3 is 2.62 bits per heavy atom. The summed E-state index contributed by atoms with van der Waals surface area (Å²) in [6, 6.07) is 12.3. The Morgan fingerprint density at radius 1 is 1.25 bits per heavy atom. The van der Waals surface area contributed by atoms with Gasteiger partial charge < -0.3 is 5.73 Å². The minimum atomic E-state index is 0.0518. The summed E-state index contributed by atoms with van der Waals surface area (Å²) in [6.45, 7) is 2.09. The van der Waals surface area contributed by atoms with E-state index in [1.54, 1.807) is 11.3 Å². The van der Waals surface area contributed by atoms with Crippen LogP contribution in [0.25, 0.3) is 0 Å². The maximum Gasteiger partial charge on any atom is 0.0931 e. The molecule has 3 heteroatoms. The van der Waals surface area contributed by atoms with Crippen LogP contribution in [-0.2, 0) is 6.42 Å². The van der Waals surface area contributed by atoms with Gasteiger partial charge in [-0.05, 0) is 30.2 Å². The largest absolute Gasteiger partial charge is 0.324 e. The highest BCUT2D eigenvalue weighted by molar-refractivity contribution is 7.16. The van der Waals surface area contributed by atoms with Crippen LogP contribution >= 0.6 is 22.9 Å². The number of nitrogens with two attached hydrogens (primary N) is 1. The molecule has 1 atom stereocenters. The molecule has 0 fully saturated rings. The molecule has 2 rings (SSSR count). The van der Waals surface area contributed by atoms with Crippen LogP contribution in [0.15, 0.2) is 36.4 Å². The summed E-state index contributed by atoms with van der Waals surface area (Å²) in [5.74, 6) is 0. The van der Waals surface area contributed by atoms with Crippen molar-refractivity contribution in [3.05, 3.63) is 56.7 Å². The Hall–Kier alpha value is -0.830. The van der Waals surface area contributed by atoms with E-state index < -0.39 is 0 Å². The first-order valence-electron chi connectivity index (χ1n) is 5.22. The summed E-state index contributed by atoms with van der Waals surface area (Å²) in [6.07, 6.45) is 0.849. The molecule has 2 aromatic rings. The molecular weight excluding hydrogens is 238 g/mol. The highest BCUT2D eigenvalue weighted by Gasteiger charge is 2.10. The van der Waals surface area contributed by atoms with Crippen molar-refractivity contribution in [1.29, 1.82) is 0 Å². The van der Waals surface area contributed by atoms with Gasteiger partial charge in [-0.15, -0.1) is 11.3 Å². The Bertz CT molecular complexity index is 478. The average Bonchev–Trinajstić information content (AvgIpc) is 2.64. The third kappa shape index (κ3) is 2.64. The lowest BCUT2D eigenvalue weighted by molar-refractivity contribution is 0.725. The van der Waals surface area contributed by atoms with Crippen molar-refractivity contribution in [3.8, 4) is 0 Å². The lowest BCUT2D eigenvalue weighted by atomic mass is 9.99. The van der Waals surface area contributed by atoms with E-state index in [4.69, 9.17) is 17.3 Å². The molecule has 0 aliphatic rings. The van der Waals surface area contributed by atoms with Gasteiger partial charge in [0.1, 0.15) is 0 Å². The average molecular weight is 252 g/mol. The number of aryl methyl sites for hydroxylation is 1. The summed E-state index contributed by atoms with van der Waals surface area (Å²) in [5.41, 5.74) is 8.66. The molecule has 16 heavy (non-hydrogen) atoms. The standard InChI is InChI=1S/C13H14ClNS/c1-9-4-2-3-5-11(9)12(15)8-10-6-7-13(14)16-10/h2-7,12H,8,15H2,1H3. The van der Waals surface area contributed by atoms with Gasteiger partial charge in [0, 0.05) is 17.3 Å². The first-order valence-corrected chi connectivity index (χ1v) is 6.41. The molecule has 0 spiro atoms. The lowest BCUT2D eigenvalue weighted by Crippen LogP contribution is -2.13. The van der Waals surface area contributed by atoms with Crippen LogP contribution in [0.2, 0.25) is 4.34 Å². The van der Waals surface area contributed by atoms with Crippen LogP contribution in [0, 0.1) is 6.92 Å². The van der Waals surface area contributed by atoms with Crippen molar-refractivity contribution in [2.24, 2.45) is 5.73 Å². The van der Waals surface area contributed by atoms with E-state index in [1.165, 1.54) is 16.0 Å². The predicted octanol–water partition coefficient (Wildman–Crippen LogP) is 3.95. The third-order valence-electron chi connectivity index (χ3n) is 2.64. The highest BCUT2D eigenvalue weighted by Crippen LogP contribution is 2.26. The van der Waals surface area contributed by atoms with Crippen LogP contribution in [0.3, 0.4) is 0 Å². The minimum Gasteiger partial charge on any atom is -0.324 e. The van der Waals surface area contributed by atoms with Gasteiger partial charge in [0.2, 0.25) is 0 Å². The summed E-state index contributed by atoms with van der Waals surface area (Å²) in [5, 5.41) is 0. The molecule has 0 aliphatic heterocycles. The smallest absolute Gasteiger partial charge is 0.0931 e. The van der Waals surface area contributed by atoms with E-state index in [-0.39, 0.29) is 6.04 Å². The first-order chi connectivity index (χ1) is 7.66. The van der Waals surface area contributed by atoms with Crippen molar-refractivity contribution in [1.82, 2.24) is 0 Å². The first kappa shape index (κ1) is 11.6. The van der Waals surface area contributed by atoms with E-state index in [0.717, 1.165) is 10.8 Å². The van der Waals surface area contributed by atoms with E-state index in [0.29, 0.717) is 0 Å². The minimum absolute atomic E-state index is 0.0518. The molecule has 0 aliphatic carbocycles. The SMILES string of the molecule is Cc1ccccc1C(N)Cc1ccc(Cl)s1. The van der Waals surface area contributed by atoms with Gasteiger partial charge in [-0.25, -0.2) is 0 Å². The second kappa shape index (κ2) is 5.00. The molecule has 1 heterocycles. The van der Waals surface area contributed by atoms with Gasteiger partial charge in [0.05, 0.1) is 4.34 Å². The number of rotatable bonds is 3. The molecular formula is C13H14ClNS. The fraction of sp³-hybridized carbons (Fsp3) is 0.231. The van der Waals surface area contributed by atoms with Crippen LogP contribution in [0.5, 0.6) is 0 Å². The van der Waals surface area contributed by atoms with Gasteiger partial charge in [0.15, 0.2) is 0 Å². The summed E-state index contributed by atoms with van der Waals surface area (Å²) >= 11 is 7.50. The number of benzene rings is 1. The zero-order valence-electron chi connectivity index (χ0n) is 9.11. The Labute approximate surface area is 105 Å². The van der Waals surface area contributed by atoms with Crippen LogP contribution in [0.4, 0.5) is 0 Å². The fourth-order valence-corrected chi connectivity index (χ4v) is 2.94. The Kier molecular flexibility index (Phi) is 3.64. The van der Waals surface area contributed by atoms with Gasteiger partial charge >= 0.3 is 0 Å². The molecule has 2 N–H and O–H groups in total. The zero-order valence-corrected chi connectivity index (χ0v) is 10.7. The molecule has 0 radical (unpaired) electrons. The van der Waals surface area contributed by atoms with Gasteiger partial charge in [-0.2, -0.15) is 0 Å². The third-order valence-corrected chi connectivity index (χ3v) is 3.89. The van der Waals surface area contributed by atoms with E-state index in [2.05, 4.69) is 19.1 Å². The second-order valence-electron chi connectivity index (χ2n) is 3.87. The van der Waals surface area contributed by atoms with Crippen molar-refractivity contribution in [3.63, 3.8) is 0 Å². The number of thiophene rings is 1. The summed E-state index contributed by atoms with van der Waals surface area (Å²) < 4.78 is 0.826. The van der Waals surface area contributed by atoms with Crippen molar-refractivity contribution < 1.29 is 0 Å². The molecule has 0 saturated carbocycles. The second-order valence-corrected chi connectivity index (χ2v) is 5.67. The molecule has 0 bridgehead atoms. The van der Waals surface area contributed by atoms with Crippen LogP contribution in [-0.4, -0.2) is 0 Å². The van der Waals surface area contributed by atoms with E-state index >= 15 is 0 Å². The molecule has 1 nitrogen and oxygen atoms in total. The molecule has 0 saturated heterocycles. The highest BCUT2D eigenvalue weighted by atomic mass is 35.5. The van der Waals surface area contributed by atoms with Gasteiger partial charge in [-0.1, -0.05) is 35.9 Å². The fourth-order valence-electron chi connectivity index (χ4n) is 1.79. The van der Waals surface area contributed by atoms with E-state index in [9.17, 15) is 0 Å². The lowest BCUT2D eigenvalue weighted by Gasteiger charge is -2.13. The van der Waals surface area contributed by atoms with Crippen molar-refractivity contribution >= 4 is 22.9 Å². The maximum atomic E-state index is 6.20. The number of halogens is 1. The monoisotopic (exact) mass is 251 g/mol. The summed E-state index contributed by atoms with van der Waals surface area (Å²) in [4.78, 5) is 1.24. The molecule has 0 amide bonds. The number of hydrogen-bond acceptors (Lipinski definition) is 2.